The number of rotatable bonds is 3. The molecular formula is C16H24N4O2. The van der Waals surface area contributed by atoms with E-state index in [4.69, 9.17) is 14.7 Å². The van der Waals surface area contributed by atoms with Crippen molar-refractivity contribution in [2.24, 2.45) is 0 Å². The molecule has 2 fully saturated rings. The highest BCUT2D eigenvalue weighted by molar-refractivity contribution is 5.43. The molecule has 2 unspecified atom stereocenters. The van der Waals surface area contributed by atoms with Crippen LogP contribution in [0.3, 0.4) is 0 Å². The Morgan fingerprint density at radius 2 is 1.95 bits per heavy atom. The summed E-state index contributed by atoms with van der Waals surface area (Å²) in [4.78, 5) is 11.7. The maximum Gasteiger partial charge on any atom is 0.228 e. The average molecular weight is 304 g/mol. The molecule has 1 saturated heterocycles. The molecular weight excluding hydrogens is 280 g/mol. The summed E-state index contributed by atoms with van der Waals surface area (Å²) < 4.78 is 6.12. The molecule has 0 aromatic carbocycles. The fourth-order valence-electron chi connectivity index (χ4n) is 3.68. The highest BCUT2D eigenvalue weighted by Gasteiger charge is 2.30. The van der Waals surface area contributed by atoms with Crippen molar-refractivity contribution in [3.05, 3.63) is 11.3 Å². The van der Waals surface area contributed by atoms with Crippen LogP contribution in [0.15, 0.2) is 0 Å². The minimum Gasteiger partial charge on any atom is -0.471 e. The van der Waals surface area contributed by atoms with Crippen LogP contribution in [0.25, 0.3) is 0 Å². The van der Waals surface area contributed by atoms with Crippen LogP contribution in [0.4, 0.5) is 5.95 Å². The van der Waals surface area contributed by atoms with Gasteiger partial charge in [-0.05, 0) is 38.5 Å². The van der Waals surface area contributed by atoms with Crippen molar-refractivity contribution in [2.45, 2.75) is 50.7 Å². The summed E-state index contributed by atoms with van der Waals surface area (Å²) in [7, 11) is 0. The summed E-state index contributed by atoms with van der Waals surface area (Å²) in [5.74, 6) is 1.52. The Balaban J connectivity index is 1.62. The summed E-state index contributed by atoms with van der Waals surface area (Å²) in [6.45, 7) is 3.81. The van der Waals surface area contributed by atoms with Crippen LogP contribution in [0.2, 0.25) is 0 Å². The predicted octanol–water partition coefficient (Wildman–Crippen LogP) is 0.667. The molecule has 1 aliphatic heterocycles. The predicted molar refractivity (Wildman–Crippen MR) is 83.4 cm³/mol. The molecule has 2 aliphatic carbocycles. The van der Waals surface area contributed by atoms with E-state index in [0.717, 1.165) is 87.8 Å². The number of fused-ring (bicyclic) bond motifs is 1. The van der Waals surface area contributed by atoms with E-state index in [0.29, 0.717) is 0 Å². The third-order valence-electron chi connectivity index (χ3n) is 4.96. The van der Waals surface area contributed by atoms with Gasteiger partial charge in [-0.25, -0.2) is 4.98 Å². The van der Waals surface area contributed by atoms with E-state index in [2.05, 4.69) is 10.2 Å². The summed E-state index contributed by atoms with van der Waals surface area (Å²) >= 11 is 0. The first kappa shape index (κ1) is 14.2. The van der Waals surface area contributed by atoms with E-state index < -0.39 is 0 Å². The van der Waals surface area contributed by atoms with Gasteiger partial charge in [-0.1, -0.05) is 0 Å². The van der Waals surface area contributed by atoms with Crippen LogP contribution in [0.5, 0.6) is 5.88 Å². The fraction of sp³-hybridized carbons (Fsp3) is 0.750. The van der Waals surface area contributed by atoms with Gasteiger partial charge in [0.05, 0.1) is 11.8 Å². The topological polar surface area (TPSA) is 70.5 Å². The molecule has 1 aromatic rings. The van der Waals surface area contributed by atoms with Crippen molar-refractivity contribution in [3.8, 4) is 5.88 Å². The maximum absolute atomic E-state index is 10.0. The van der Waals surface area contributed by atoms with Gasteiger partial charge in [-0.3, -0.25) is 0 Å². The van der Waals surface area contributed by atoms with Crippen molar-refractivity contribution in [3.63, 3.8) is 0 Å². The van der Waals surface area contributed by atoms with Gasteiger partial charge in [0.2, 0.25) is 11.8 Å². The highest BCUT2D eigenvalue weighted by Crippen LogP contribution is 2.33. The van der Waals surface area contributed by atoms with Crippen molar-refractivity contribution >= 4 is 5.95 Å². The lowest BCUT2D eigenvalue weighted by molar-refractivity contribution is 0.0567. The van der Waals surface area contributed by atoms with Crippen LogP contribution in [-0.2, 0) is 12.8 Å². The maximum atomic E-state index is 10.0. The van der Waals surface area contributed by atoms with Crippen molar-refractivity contribution in [2.75, 3.05) is 31.1 Å². The Hall–Kier alpha value is -1.40. The van der Waals surface area contributed by atoms with Gasteiger partial charge in [0.1, 0.15) is 6.10 Å². The Morgan fingerprint density at radius 1 is 1.09 bits per heavy atom. The summed E-state index contributed by atoms with van der Waals surface area (Å²) in [5.41, 5.74) is 2.31. The first-order valence-electron chi connectivity index (χ1n) is 8.51. The Bertz CT molecular complexity index is 545. The van der Waals surface area contributed by atoms with Crippen molar-refractivity contribution in [1.29, 1.82) is 0 Å². The summed E-state index contributed by atoms with van der Waals surface area (Å²) in [6, 6.07) is 0. The molecule has 2 N–H and O–H groups in total. The van der Waals surface area contributed by atoms with Gasteiger partial charge >= 0.3 is 0 Å². The molecule has 1 saturated carbocycles. The van der Waals surface area contributed by atoms with Crippen LogP contribution in [0, 0.1) is 0 Å². The standard InChI is InChI=1S/C16H24N4O2/c21-13-5-2-6-14(13)22-15-11-3-1-4-12(11)18-16(19-15)20-9-7-17-8-10-20/h13-14,17,21H,1-10H2. The molecule has 120 valence electrons. The van der Waals surface area contributed by atoms with Gasteiger partial charge < -0.3 is 20.1 Å². The second kappa shape index (κ2) is 6.01. The minimum atomic E-state index is -0.352. The molecule has 2 atom stereocenters. The van der Waals surface area contributed by atoms with Gasteiger partial charge in [-0.15, -0.1) is 0 Å². The number of hydrogen-bond donors (Lipinski definition) is 2. The van der Waals surface area contributed by atoms with Crippen molar-refractivity contribution in [1.82, 2.24) is 15.3 Å². The number of aryl methyl sites for hydroxylation is 1. The Kier molecular flexibility index (Phi) is 3.88. The zero-order chi connectivity index (χ0) is 14.9. The smallest absolute Gasteiger partial charge is 0.228 e. The molecule has 3 aliphatic rings. The van der Waals surface area contributed by atoms with Gasteiger partial charge in [-0.2, -0.15) is 4.98 Å². The quantitative estimate of drug-likeness (QED) is 0.855. The Labute approximate surface area is 130 Å². The number of aliphatic hydroxyl groups excluding tert-OH is 1. The van der Waals surface area contributed by atoms with Crippen LogP contribution in [-0.4, -0.2) is 53.5 Å². The number of ether oxygens (including phenoxy) is 1. The molecule has 0 radical (unpaired) electrons. The third-order valence-corrected chi connectivity index (χ3v) is 4.96. The minimum absolute atomic E-state index is 0.101. The number of anilines is 1. The lowest BCUT2D eigenvalue weighted by Gasteiger charge is -2.28. The van der Waals surface area contributed by atoms with E-state index in [1.54, 1.807) is 0 Å². The summed E-state index contributed by atoms with van der Waals surface area (Å²) in [5, 5.41) is 13.4. The van der Waals surface area contributed by atoms with E-state index in [1.165, 1.54) is 0 Å². The molecule has 6 nitrogen and oxygen atoms in total. The largest absolute Gasteiger partial charge is 0.471 e. The molecule has 6 heteroatoms. The monoisotopic (exact) mass is 304 g/mol. The van der Waals surface area contributed by atoms with Crippen molar-refractivity contribution < 1.29 is 9.84 Å². The van der Waals surface area contributed by atoms with Crippen LogP contribution >= 0.6 is 0 Å². The highest BCUT2D eigenvalue weighted by atomic mass is 16.5. The second-order valence-corrected chi connectivity index (χ2v) is 6.50. The van der Waals surface area contributed by atoms with Gasteiger partial charge in [0.15, 0.2) is 0 Å². The van der Waals surface area contributed by atoms with Crippen LogP contribution < -0.4 is 15.0 Å². The third kappa shape index (κ3) is 2.65. The normalized spacial score (nSPS) is 28.0. The van der Waals surface area contributed by atoms with E-state index >= 15 is 0 Å². The molecule has 1 aromatic heterocycles. The lowest BCUT2D eigenvalue weighted by Crippen LogP contribution is -2.44. The first-order chi connectivity index (χ1) is 10.8. The molecule has 4 rings (SSSR count). The molecule has 0 spiro atoms. The molecule has 2 heterocycles. The zero-order valence-corrected chi connectivity index (χ0v) is 12.9. The number of nitrogens with zero attached hydrogens (tertiary/aromatic N) is 3. The SMILES string of the molecule is OC1CCCC1Oc1nc(N2CCNCC2)nc2c1CCC2. The first-order valence-corrected chi connectivity index (χ1v) is 8.51. The molecule has 22 heavy (non-hydrogen) atoms. The van der Waals surface area contributed by atoms with E-state index in [9.17, 15) is 5.11 Å². The van der Waals surface area contributed by atoms with Crippen LogP contribution in [0.1, 0.15) is 36.9 Å². The second-order valence-electron chi connectivity index (χ2n) is 6.50. The molecule has 0 amide bonds. The van der Waals surface area contributed by atoms with Gasteiger partial charge in [0.25, 0.3) is 0 Å². The number of hydrogen-bond acceptors (Lipinski definition) is 6. The molecule has 0 bridgehead atoms. The lowest BCUT2D eigenvalue weighted by atomic mass is 10.2. The average Bonchev–Trinajstić information content (AvgIpc) is 3.17. The number of nitrogens with one attached hydrogen (secondary N) is 1. The van der Waals surface area contributed by atoms with E-state index in [1.807, 2.05) is 0 Å². The summed E-state index contributed by atoms with van der Waals surface area (Å²) in [6.07, 6.45) is 5.47. The number of aromatic nitrogens is 2. The fourth-order valence-corrected chi connectivity index (χ4v) is 3.68. The Morgan fingerprint density at radius 3 is 2.73 bits per heavy atom. The van der Waals surface area contributed by atoms with E-state index in [-0.39, 0.29) is 12.2 Å². The van der Waals surface area contributed by atoms with Gasteiger partial charge in [0, 0.05) is 31.7 Å². The zero-order valence-electron chi connectivity index (χ0n) is 12.9. The number of piperazine rings is 1. The number of aliphatic hydroxyl groups is 1.